The molecule has 0 radical (unpaired) electrons. The van der Waals surface area contributed by atoms with Gasteiger partial charge in [0.15, 0.2) is 0 Å². The van der Waals surface area contributed by atoms with Gasteiger partial charge in [-0.15, -0.1) is 0 Å². The molecule has 1 saturated heterocycles. The fraction of sp³-hybridized carbons (Fsp3) is 0.286. The largest absolute Gasteiger partial charge is 0.469 e. The second-order valence-electron chi connectivity index (χ2n) is 4.63. The molecule has 1 aliphatic rings. The van der Waals surface area contributed by atoms with Crippen LogP contribution in [0.15, 0.2) is 29.4 Å². The molecule has 1 aliphatic heterocycles. The topological polar surface area (TPSA) is 108 Å². The van der Waals surface area contributed by atoms with Gasteiger partial charge in [-0.25, -0.2) is 9.69 Å². The van der Waals surface area contributed by atoms with E-state index >= 15 is 0 Å². The Hall–Kier alpha value is -2.90. The van der Waals surface area contributed by atoms with Crippen molar-refractivity contribution in [1.29, 1.82) is 0 Å². The quantitative estimate of drug-likeness (QED) is 0.276. The van der Waals surface area contributed by atoms with Gasteiger partial charge in [0.25, 0.3) is 5.91 Å². The van der Waals surface area contributed by atoms with E-state index in [0.717, 1.165) is 4.90 Å². The number of benzene rings is 1. The van der Waals surface area contributed by atoms with Gasteiger partial charge < -0.3 is 15.3 Å². The van der Waals surface area contributed by atoms with Gasteiger partial charge in [0.1, 0.15) is 6.04 Å². The zero-order valence-electron chi connectivity index (χ0n) is 11.9. The molecule has 8 heteroatoms. The number of esters is 1. The summed E-state index contributed by atoms with van der Waals surface area (Å²) in [4.78, 5) is 36.3. The van der Waals surface area contributed by atoms with Crippen LogP contribution in [-0.4, -0.2) is 42.5 Å². The molecule has 1 atom stereocenters. The van der Waals surface area contributed by atoms with Crippen molar-refractivity contribution in [1.82, 2.24) is 5.32 Å². The van der Waals surface area contributed by atoms with Crippen LogP contribution in [0.4, 0.5) is 10.5 Å². The Bertz CT molecular complexity index is 611. The summed E-state index contributed by atoms with van der Waals surface area (Å²) in [7, 11) is 1.26. The molecule has 0 aromatic heterocycles. The highest BCUT2D eigenvalue weighted by molar-refractivity contribution is 6.21. The van der Waals surface area contributed by atoms with Gasteiger partial charge in [-0.05, 0) is 24.1 Å². The molecule has 1 fully saturated rings. The van der Waals surface area contributed by atoms with E-state index in [1.807, 2.05) is 0 Å². The summed E-state index contributed by atoms with van der Waals surface area (Å²) in [6.07, 6.45) is 1.46. The number of amides is 3. The number of carbonyl (C=O) groups is 3. The second kappa shape index (κ2) is 6.70. The van der Waals surface area contributed by atoms with Crippen LogP contribution >= 0.6 is 0 Å². The number of imide groups is 1. The predicted molar refractivity (Wildman–Crippen MR) is 76.9 cm³/mol. The zero-order valence-corrected chi connectivity index (χ0v) is 11.9. The Morgan fingerprint density at radius 3 is 2.68 bits per heavy atom. The predicted octanol–water partition coefficient (Wildman–Crippen LogP) is 0.873. The average Bonchev–Trinajstić information content (AvgIpc) is 2.80. The first-order valence-corrected chi connectivity index (χ1v) is 6.55. The Morgan fingerprint density at radius 2 is 2.09 bits per heavy atom. The van der Waals surface area contributed by atoms with Gasteiger partial charge in [-0.3, -0.25) is 9.59 Å². The minimum absolute atomic E-state index is 0.0485. The summed E-state index contributed by atoms with van der Waals surface area (Å²) in [6.45, 7) is 0. The molecule has 0 saturated carbocycles. The first kappa shape index (κ1) is 15.5. The standard InChI is InChI=1S/C14H15N3O5/c1-22-12(18)7-6-11-13(19)17(14(20)16-11)10-4-2-9(3-5-10)8-15-21/h2-5,8,11,21H,6-7H2,1H3,(H,16,20). The molecule has 1 aromatic rings. The smallest absolute Gasteiger partial charge is 0.329 e. The van der Waals surface area contributed by atoms with Crippen molar-refractivity contribution in [2.75, 3.05) is 12.0 Å². The molecule has 22 heavy (non-hydrogen) atoms. The lowest BCUT2D eigenvalue weighted by molar-refractivity contribution is -0.140. The maximum Gasteiger partial charge on any atom is 0.329 e. The third-order valence-electron chi connectivity index (χ3n) is 3.24. The highest BCUT2D eigenvalue weighted by Gasteiger charge is 2.38. The van der Waals surface area contributed by atoms with Gasteiger partial charge in [-0.1, -0.05) is 17.3 Å². The van der Waals surface area contributed by atoms with Gasteiger partial charge in [0, 0.05) is 6.42 Å². The third-order valence-corrected chi connectivity index (χ3v) is 3.24. The van der Waals surface area contributed by atoms with Gasteiger partial charge >= 0.3 is 12.0 Å². The van der Waals surface area contributed by atoms with Crippen LogP contribution in [0.5, 0.6) is 0 Å². The number of nitrogens with zero attached hydrogens (tertiary/aromatic N) is 2. The van der Waals surface area contributed by atoms with Crippen LogP contribution in [0, 0.1) is 0 Å². The van der Waals surface area contributed by atoms with Crippen LogP contribution in [0.1, 0.15) is 18.4 Å². The number of rotatable bonds is 5. The fourth-order valence-corrected chi connectivity index (χ4v) is 2.11. The van der Waals surface area contributed by atoms with Gasteiger partial charge in [0.2, 0.25) is 0 Å². The molecule has 0 bridgehead atoms. The van der Waals surface area contributed by atoms with E-state index in [1.54, 1.807) is 24.3 Å². The first-order valence-electron chi connectivity index (χ1n) is 6.55. The number of hydrogen-bond acceptors (Lipinski definition) is 6. The Balaban J connectivity index is 2.09. The highest BCUT2D eigenvalue weighted by atomic mass is 16.5. The molecule has 1 heterocycles. The van der Waals surface area contributed by atoms with E-state index in [1.165, 1.54) is 13.3 Å². The number of hydrogen-bond donors (Lipinski definition) is 2. The molecule has 3 amide bonds. The number of nitrogens with one attached hydrogen (secondary N) is 1. The number of oxime groups is 1. The third kappa shape index (κ3) is 3.22. The number of urea groups is 1. The summed E-state index contributed by atoms with van der Waals surface area (Å²) in [5.41, 5.74) is 1.03. The fourth-order valence-electron chi connectivity index (χ4n) is 2.11. The van der Waals surface area contributed by atoms with E-state index in [-0.39, 0.29) is 12.8 Å². The van der Waals surface area contributed by atoms with Crippen LogP contribution in [0.25, 0.3) is 0 Å². The summed E-state index contributed by atoms with van der Waals surface area (Å²) in [5, 5.41) is 13.9. The van der Waals surface area contributed by atoms with Crippen molar-refractivity contribution < 1.29 is 24.3 Å². The maximum atomic E-state index is 12.3. The van der Waals surface area contributed by atoms with Crippen LogP contribution < -0.4 is 10.2 Å². The van der Waals surface area contributed by atoms with Crippen molar-refractivity contribution in [3.63, 3.8) is 0 Å². The first-order chi connectivity index (χ1) is 10.6. The molecule has 8 nitrogen and oxygen atoms in total. The SMILES string of the molecule is COC(=O)CCC1NC(=O)N(c2ccc(C=NO)cc2)C1=O. The Kier molecular flexibility index (Phi) is 4.72. The number of ether oxygens (including phenoxy) is 1. The Labute approximate surface area is 126 Å². The lowest BCUT2D eigenvalue weighted by Crippen LogP contribution is -2.31. The summed E-state index contributed by atoms with van der Waals surface area (Å²) >= 11 is 0. The van der Waals surface area contributed by atoms with E-state index in [4.69, 9.17) is 5.21 Å². The number of anilines is 1. The van der Waals surface area contributed by atoms with Gasteiger partial charge in [-0.2, -0.15) is 0 Å². The summed E-state index contributed by atoms with van der Waals surface area (Å²) in [5.74, 6) is -0.856. The normalized spacial score (nSPS) is 17.9. The van der Waals surface area contributed by atoms with E-state index in [2.05, 4.69) is 15.2 Å². The van der Waals surface area contributed by atoms with Crippen LogP contribution in [-0.2, 0) is 14.3 Å². The van der Waals surface area contributed by atoms with Crippen molar-refractivity contribution in [2.24, 2.45) is 5.16 Å². The lowest BCUT2D eigenvalue weighted by atomic mass is 10.1. The molecule has 2 N–H and O–H groups in total. The molecule has 1 unspecified atom stereocenters. The molecule has 1 aromatic carbocycles. The molecule has 2 rings (SSSR count). The second-order valence-corrected chi connectivity index (χ2v) is 4.63. The van der Waals surface area contributed by atoms with Crippen molar-refractivity contribution in [3.8, 4) is 0 Å². The van der Waals surface area contributed by atoms with Crippen LogP contribution in [0.2, 0.25) is 0 Å². The van der Waals surface area contributed by atoms with Crippen molar-refractivity contribution >= 4 is 29.8 Å². The molecule has 116 valence electrons. The average molecular weight is 305 g/mol. The van der Waals surface area contributed by atoms with Crippen molar-refractivity contribution in [2.45, 2.75) is 18.9 Å². The minimum atomic E-state index is -0.745. The molecular formula is C14H15N3O5. The van der Waals surface area contributed by atoms with Crippen molar-refractivity contribution in [3.05, 3.63) is 29.8 Å². The van der Waals surface area contributed by atoms with E-state index in [9.17, 15) is 14.4 Å². The highest BCUT2D eigenvalue weighted by Crippen LogP contribution is 2.21. The number of carbonyl (C=O) groups excluding carboxylic acids is 3. The molecular weight excluding hydrogens is 290 g/mol. The molecule has 0 spiro atoms. The zero-order chi connectivity index (χ0) is 16.1. The van der Waals surface area contributed by atoms with Gasteiger partial charge in [0.05, 0.1) is 19.0 Å². The maximum absolute atomic E-state index is 12.3. The summed E-state index contributed by atoms with van der Waals surface area (Å²) in [6, 6.07) is 5.07. The van der Waals surface area contributed by atoms with E-state index < -0.39 is 23.9 Å². The lowest BCUT2D eigenvalue weighted by Gasteiger charge is -2.13. The summed E-state index contributed by atoms with van der Waals surface area (Å²) < 4.78 is 4.51. The monoisotopic (exact) mass is 305 g/mol. The Morgan fingerprint density at radius 1 is 1.41 bits per heavy atom. The number of methoxy groups -OCH3 is 1. The minimum Gasteiger partial charge on any atom is -0.469 e. The van der Waals surface area contributed by atoms with E-state index in [0.29, 0.717) is 11.3 Å². The van der Waals surface area contributed by atoms with Crippen LogP contribution in [0.3, 0.4) is 0 Å². The molecule has 0 aliphatic carbocycles.